The molecule has 88 valence electrons. The van der Waals surface area contributed by atoms with Crippen LogP contribution in [0.3, 0.4) is 0 Å². The van der Waals surface area contributed by atoms with Gasteiger partial charge in [-0.15, -0.1) is 0 Å². The summed E-state index contributed by atoms with van der Waals surface area (Å²) in [6.07, 6.45) is -0.568. The van der Waals surface area contributed by atoms with Gasteiger partial charge in [0.1, 0.15) is 23.4 Å². The van der Waals surface area contributed by atoms with Crippen molar-refractivity contribution >= 4 is 0 Å². The summed E-state index contributed by atoms with van der Waals surface area (Å²) < 4.78 is 5.60. The smallest absolute Gasteiger partial charge is 0.130 e. The first kappa shape index (κ1) is 11.1. The van der Waals surface area contributed by atoms with E-state index in [9.17, 15) is 15.3 Å². The fourth-order valence-electron chi connectivity index (χ4n) is 2.06. The van der Waals surface area contributed by atoms with E-state index in [4.69, 9.17) is 4.74 Å². The van der Waals surface area contributed by atoms with E-state index in [0.29, 0.717) is 17.7 Å². The minimum atomic E-state index is -0.622. The SMILES string of the molecule is CC(C)[C@H]1Oc2cc(O)cc(O)c2C[C@H]1O. The van der Waals surface area contributed by atoms with Crippen LogP contribution in [-0.4, -0.2) is 27.5 Å². The number of phenols is 2. The molecular weight excluding hydrogens is 208 g/mol. The zero-order valence-electron chi connectivity index (χ0n) is 9.34. The molecular formula is C12H16O4. The third kappa shape index (κ3) is 1.80. The van der Waals surface area contributed by atoms with E-state index in [2.05, 4.69) is 0 Å². The second-order valence-corrected chi connectivity index (χ2v) is 4.54. The molecule has 0 amide bonds. The van der Waals surface area contributed by atoms with Gasteiger partial charge in [0.05, 0.1) is 6.10 Å². The molecule has 16 heavy (non-hydrogen) atoms. The van der Waals surface area contributed by atoms with Crippen molar-refractivity contribution in [2.75, 3.05) is 0 Å². The van der Waals surface area contributed by atoms with Crippen LogP contribution in [0.2, 0.25) is 0 Å². The largest absolute Gasteiger partial charge is 0.508 e. The highest BCUT2D eigenvalue weighted by Crippen LogP contribution is 2.38. The molecule has 3 N–H and O–H groups in total. The Bertz CT molecular complexity index is 400. The highest BCUT2D eigenvalue weighted by molar-refractivity contribution is 5.50. The van der Waals surface area contributed by atoms with Crippen LogP contribution in [0.5, 0.6) is 17.2 Å². The van der Waals surface area contributed by atoms with Crippen molar-refractivity contribution in [3.8, 4) is 17.2 Å². The lowest BCUT2D eigenvalue weighted by Crippen LogP contribution is -2.41. The van der Waals surface area contributed by atoms with Crippen molar-refractivity contribution in [2.45, 2.75) is 32.5 Å². The van der Waals surface area contributed by atoms with E-state index >= 15 is 0 Å². The molecule has 0 fully saturated rings. The van der Waals surface area contributed by atoms with Gasteiger partial charge in [0.15, 0.2) is 0 Å². The lowest BCUT2D eigenvalue weighted by Gasteiger charge is -2.33. The Morgan fingerprint density at radius 2 is 2.00 bits per heavy atom. The highest BCUT2D eigenvalue weighted by atomic mass is 16.5. The molecule has 1 aromatic carbocycles. The second kappa shape index (κ2) is 3.87. The Balaban J connectivity index is 2.39. The number of aromatic hydroxyl groups is 2. The zero-order chi connectivity index (χ0) is 11.9. The third-order valence-electron chi connectivity index (χ3n) is 2.88. The molecule has 1 aliphatic rings. The average Bonchev–Trinajstić information content (AvgIpc) is 2.18. The number of phenolic OH excluding ortho intramolecular Hbond substituents is 2. The van der Waals surface area contributed by atoms with Gasteiger partial charge in [-0.1, -0.05) is 13.8 Å². The van der Waals surface area contributed by atoms with E-state index in [0.717, 1.165) is 0 Å². The lowest BCUT2D eigenvalue weighted by molar-refractivity contribution is -0.00477. The van der Waals surface area contributed by atoms with Crippen LogP contribution < -0.4 is 4.74 Å². The van der Waals surface area contributed by atoms with E-state index in [1.807, 2.05) is 13.8 Å². The first-order valence-electron chi connectivity index (χ1n) is 5.38. The summed E-state index contributed by atoms with van der Waals surface area (Å²) in [6.45, 7) is 3.92. The average molecular weight is 224 g/mol. The molecule has 0 aromatic heterocycles. The molecule has 0 radical (unpaired) electrons. The number of fused-ring (bicyclic) bond motifs is 1. The van der Waals surface area contributed by atoms with Crippen molar-refractivity contribution in [3.63, 3.8) is 0 Å². The van der Waals surface area contributed by atoms with Crippen LogP contribution in [0.15, 0.2) is 12.1 Å². The fraction of sp³-hybridized carbons (Fsp3) is 0.500. The predicted molar refractivity (Wildman–Crippen MR) is 58.7 cm³/mol. The molecule has 1 aromatic rings. The van der Waals surface area contributed by atoms with Crippen LogP contribution in [0.1, 0.15) is 19.4 Å². The molecule has 0 bridgehead atoms. The van der Waals surface area contributed by atoms with Gasteiger partial charge >= 0.3 is 0 Å². The Labute approximate surface area is 94.1 Å². The van der Waals surface area contributed by atoms with Crippen LogP contribution >= 0.6 is 0 Å². The fourth-order valence-corrected chi connectivity index (χ4v) is 2.06. The Morgan fingerprint density at radius 1 is 1.31 bits per heavy atom. The second-order valence-electron chi connectivity index (χ2n) is 4.54. The van der Waals surface area contributed by atoms with Crippen molar-refractivity contribution in [2.24, 2.45) is 5.92 Å². The molecule has 4 heteroatoms. The summed E-state index contributed by atoms with van der Waals surface area (Å²) in [4.78, 5) is 0. The van der Waals surface area contributed by atoms with E-state index in [1.54, 1.807) is 0 Å². The maximum atomic E-state index is 9.88. The van der Waals surface area contributed by atoms with E-state index in [1.165, 1.54) is 12.1 Å². The van der Waals surface area contributed by atoms with Gasteiger partial charge in [-0.3, -0.25) is 0 Å². The Morgan fingerprint density at radius 3 is 2.62 bits per heavy atom. The highest BCUT2D eigenvalue weighted by Gasteiger charge is 2.32. The monoisotopic (exact) mass is 224 g/mol. The standard InChI is InChI=1S/C12H16O4/c1-6(2)12-10(15)5-8-9(14)3-7(13)4-11(8)16-12/h3-4,6,10,12-15H,5H2,1-2H3/t10-,12-/m1/s1. The maximum absolute atomic E-state index is 9.88. The summed E-state index contributed by atoms with van der Waals surface area (Å²) in [7, 11) is 0. The lowest BCUT2D eigenvalue weighted by atomic mass is 9.92. The van der Waals surface area contributed by atoms with Gasteiger partial charge in [0.2, 0.25) is 0 Å². The summed E-state index contributed by atoms with van der Waals surface area (Å²) in [6, 6.07) is 2.72. The summed E-state index contributed by atoms with van der Waals surface area (Å²) in [5.41, 5.74) is 0.558. The van der Waals surface area contributed by atoms with Crippen molar-refractivity contribution < 1.29 is 20.1 Å². The molecule has 0 spiro atoms. The van der Waals surface area contributed by atoms with Crippen LogP contribution in [0.4, 0.5) is 0 Å². The molecule has 4 nitrogen and oxygen atoms in total. The van der Waals surface area contributed by atoms with Gasteiger partial charge < -0.3 is 20.1 Å². The number of aliphatic hydroxyl groups is 1. The first-order chi connectivity index (χ1) is 7.49. The van der Waals surface area contributed by atoms with Crippen LogP contribution in [0.25, 0.3) is 0 Å². The van der Waals surface area contributed by atoms with Gasteiger partial charge in [-0.25, -0.2) is 0 Å². The Kier molecular flexibility index (Phi) is 2.68. The molecule has 0 saturated heterocycles. The van der Waals surface area contributed by atoms with Crippen molar-refractivity contribution in [1.29, 1.82) is 0 Å². The summed E-state index contributed by atoms with van der Waals surface area (Å²) in [5, 5.41) is 28.9. The number of ether oxygens (including phenoxy) is 1. The number of rotatable bonds is 1. The first-order valence-corrected chi connectivity index (χ1v) is 5.38. The third-order valence-corrected chi connectivity index (χ3v) is 2.88. The molecule has 1 aliphatic heterocycles. The minimum absolute atomic E-state index is 0.0312. The number of hydrogen-bond donors (Lipinski definition) is 3. The van der Waals surface area contributed by atoms with E-state index < -0.39 is 6.10 Å². The minimum Gasteiger partial charge on any atom is -0.508 e. The van der Waals surface area contributed by atoms with Crippen LogP contribution in [0, 0.1) is 5.92 Å². The molecule has 2 rings (SSSR count). The zero-order valence-corrected chi connectivity index (χ0v) is 9.34. The molecule has 0 saturated carbocycles. The van der Waals surface area contributed by atoms with Crippen LogP contribution in [-0.2, 0) is 6.42 Å². The van der Waals surface area contributed by atoms with E-state index in [-0.39, 0.29) is 23.5 Å². The molecule has 0 unspecified atom stereocenters. The van der Waals surface area contributed by atoms with Crippen molar-refractivity contribution in [3.05, 3.63) is 17.7 Å². The Hall–Kier alpha value is -1.42. The molecule has 1 heterocycles. The predicted octanol–water partition coefficient (Wildman–Crippen LogP) is 1.42. The maximum Gasteiger partial charge on any atom is 0.130 e. The van der Waals surface area contributed by atoms with Gasteiger partial charge in [-0.05, 0) is 5.92 Å². The summed E-state index contributed by atoms with van der Waals surface area (Å²) in [5.74, 6) is 0.570. The van der Waals surface area contributed by atoms with Gasteiger partial charge in [-0.2, -0.15) is 0 Å². The number of hydrogen-bond acceptors (Lipinski definition) is 4. The van der Waals surface area contributed by atoms with Crippen molar-refractivity contribution in [1.82, 2.24) is 0 Å². The topological polar surface area (TPSA) is 69.9 Å². The summed E-state index contributed by atoms with van der Waals surface area (Å²) >= 11 is 0. The number of benzene rings is 1. The normalized spacial score (nSPS) is 24.0. The quantitative estimate of drug-likeness (QED) is 0.674. The molecule has 2 atom stereocenters. The molecule has 0 aliphatic carbocycles. The van der Waals surface area contributed by atoms with Gasteiger partial charge in [0, 0.05) is 24.1 Å². The van der Waals surface area contributed by atoms with Gasteiger partial charge in [0.25, 0.3) is 0 Å². The number of aliphatic hydroxyl groups excluding tert-OH is 1.